The van der Waals surface area contributed by atoms with Crippen molar-refractivity contribution in [3.63, 3.8) is 0 Å². The van der Waals surface area contributed by atoms with E-state index in [-0.39, 0.29) is 18.0 Å². The highest BCUT2D eigenvalue weighted by atomic mass is 16.2. The first-order valence-corrected chi connectivity index (χ1v) is 9.10. The molecule has 1 aliphatic heterocycles. The van der Waals surface area contributed by atoms with Gasteiger partial charge in [-0.3, -0.25) is 14.2 Å². The summed E-state index contributed by atoms with van der Waals surface area (Å²) in [6, 6.07) is 7.82. The van der Waals surface area contributed by atoms with Gasteiger partial charge in [-0.25, -0.2) is 4.98 Å². The van der Waals surface area contributed by atoms with Crippen LogP contribution in [-0.2, 0) is 11.3 Å². The maximum absolute atomic E-state index is 12.4. The van der Waals surface area contributed by atoms with Gasteiger partial charge in [-0.05, 0) is 44.9 Å². The number of para-hydroxylation sites is 1. The molecule has 2 aromatic rings. The van der Waals surface area contributed by atoms with E-state index < -0.39 is 0 Å². The molecule has 1 aliphatic rings. The minimum atomic E-state index is -0.178. The molecule has 3 rings (SSSR count). The van der Waals surface area contributed by atoms with Crippen molar-refractivity contribution in [1.29, 1.82) is 0 Å². The van der Waals surface area contributed by atoms with Gasteiger partial charge in [-0.15, -0.1) is 0 Å². The van der Waals surface area contributed by atoms with Gasteiger partial charge in [0.05, 0.1) is 17.2 Å². The van der Waals surface area contributed by atoms with E-state index in [0.717, 1.165) is 19.5 Å². The summed E-state index contributed by atoms with van der Waals surface area (Å²) in [5, 5.41) is 3.45. The fraction of sp³-hybridized carbons (Fsp3) is 0.526. The quantitative estimate of drug-likeness (QED) is 0.813. The van der Waals surface area contributed by atoms with Gasteiger partial charge in [-0.2, -0.15) is 0 Å². The Morgan fingerprint density at radius 3 is 3.00 bits per heavy atom. The summed E-state index contributed by atoms with van der Waals surface area (Å²) in [6.07, 6.45) is 6.24. The van der Waals surface area contributed by atoms with Crippen LogP contribution in [0.1, 0.15) is 32.6 Å². The molecule has 1 aromatic carbocycles. The predicted octanol–water partition coefficient (Wildman–Crippen LogP) is 1.78. The number of carbonyl (C=O) groups excluding carboxylic acids is 1. The lowest BCUT2D eigenvalue weighted by Gasteiger charge is -2.33. The van der Waals surface area contributed by atoms with Crippen molar-refractivity contribution in [2.45, 2.75) is 45.2 Å². The van der Waals surface area contributed by atoms with Gasteiger partial charge in [0.2, 0.25) is 5.91 Å². The number of aromatic nitrogens is 2. The van der Waals surface area contributed by atoms with Gasteiger partial charge >= 0.3 is 0 Å². The Morgan fingerprint density at radius 1 is 1.32 bits per heavy atom. The summed E-state index contributed by atoms with van der Waals surface area (Å²) in [4.78, 5) is 31.2. The Balaban J connectivity index is 1.48. The largest absolute Gasteiger partial charge is 0.354 e. The average Bonchev–Trinajstić information content (AvgIpc) is 2.63. The maximum Gasteiger partial charge on any atom is 0.261 e. The maximum atomic E-state index is 12.4. The number of nitrogens with one attached hydrogen (secondary N) is 1. The Hall–Kier alpha value is -2.21. The number of benzene rings is 1. The van der Waals surface area contributed by atoms with Crippen molar-refractivity contribution in [1.82, 2.24) is 19.8 Å². The van der Waals surface area contributed by atoms with Crippen LogP contribution in [0.5, 0.6) is 0 Å². The molecule has 1 fully saturated rings. The monoisotopic (exact) mass is 342 g/mol. The van der Waals surface area contributed by atoms with E-state index in [1.54, 1.807) is 18.2 Å². The number of rotatable bonds is 6. The molecule has 6 heteroatoms. The van der Waals surface area contributed by atoms with E-state index in [4.69, 9.17) is 0 Å². The topological polar surface area (TPSA) is 67.2 Å². The molecule has 1 aromatic heterocycles. The van der Waals surface area contributed by atoms with Crippen LogP contribution in [0.4, 0.5) is 0 Å². The fourth-order valence-corrected chi connectivity index (χ4v) is 3.43. The van der Waals surface area contributed by atoms with Crippen molar-refractivity contribution in [2.75, 3.05) is 19.6 Å². The second kappa shape index (κ2) is 8.25. The first-order valence-electron chi connectivity index (χ1n) is 9.10. The summed E-state index contributed by atoms with van der Waals surface area (Å²) >= 11 is 0. The Morgan fingerprint density at radius 2 is 2.16 bits per heavy atom. The van der Waals surface area contributed by atoms with Crippen LogP contribution in [0.15, 0.2) is 35.4 Å². The summed E-state index contributed by atoms with van der Waals surface area (Å²) in [6.45, 7) is 5.09. The second-order valence-corrected chi connectivity index (χ2v) is 6.78. The zero-order chi connectivity index (χ0) is 17.6. The zero-order valence-electron chi connectivity index (χ0n) is 14.8. The number of amides is 1. The number of piperidine rings is 1. The minimum absolute atomic E-state index is 0.0107. The third-order valence-electron chi connectivity index (χ3n) is 4.93. The van der Waals surface area contributed by atoms with Crippen LogP contribution < -0.4 is 10.9 Å². The number of hydrogen-bond acceptors (Lipinski definition) is 4. The molecule has 134 valence electrons. The number of nitrogens with zero attached hydrogens (tertiary/aromatic N) is 3. The van der Waals surface area contributed by atoms with Crippen LogP contribution in [0, 0.1) is 0 Å². The molecule has 6 nitrogen and oxygen atoms in total. The lowest BCUT2D eigenvalue weighted by atomic mass is 10.0. The summed E-state index contributed by atoms with van der Waals surface area (Å²) in [5.41, 5.74) is 0.475. The molecule has 1 saturated heterocycles. The smallest absolute Gasteiger partial charge is 0.261 e. The standard InChI is InChI=1S/C19H26N4O2/c1-15-7-4-5-11-22(15)12-6-10-20-18(24)13-23-14-21-17-9-3-2-8-16(17)19(23)25/h2-3,8-9,14-15H,4-7,10-13H2,1H3,(H,20,24)/t15-/m1/s1. The molecule has 0 saturated carbocycles. The van der Waals surface area contributed by atoms with Crippen molar-refractivity contribution >= 4 is 16.8 Å². The minimum Gasteiger partial charge on any atom is -0.354 e. The molecular formula is C19H26N4O2. The Bertz CT molecular complexity index is 786. The molecule has 1 amide bonds. The summed E-state index contributed by atoms with van der Waals surface area (Å²) in [5.74, 6) is -0.147. The van der Waals surface area contributed by atoms with Crippen LogP contribution in [0.25, 0.3) is 10.9 Å². The number of fused-ring (bicyclic) bond motifs is 1. The van der Waals surface area contributed by atoms with Gasteiger partial charge in [0.1, 0.15) is 6.54 Å². The Labute approximate surface area is 147 Å². The third kappa shape index (κ3) is 4.45. The molecule has 1 N–H and O–H groups in total. The highest BCUT2D eigenvalue weighted by Gasteiger charge is 2.17. The normalized spacial score (nSPS) is 18.4. The van der Waals surface area contributed by atoms with Crippen molar-refractivity contribution in [3.05, 3.63) is 40.9 Å². The molecule has 2 heterocycles. The number of carbonyl (C=O) groups is 1. The van der Waals surface area contributed by atoms with E-state index >= 15 is 0 Å². The first kappa shape index (κ1) is 17.6. The predicted molar refractivity (Wildman–Crippen MR) is 98.5 cm³/mol. The van der Waals surface area contributed by atoms with E-state index in [0.29, 0.717) is 23.5 Å². The molecule has 1 atom stereocenters. The first-order chi connectivity index (χ1) is 12.1. The molecular weight excluding hydrogens is 316 g/mol. The molecule has 0 spiro atoms. The number of hydrogen-bond donors (Lipinski definition) is 1. The molecule has 0 unspecified atom stereocenters. The zero-order valence-corrected chi connectivity index (χ0v) is 14.8. The van der Waals surface area contributed by atoms with E-state index in [1.807, 2.05) is 6.07 Å². The van der Waals surface area contributed by atoms with Gasteiger partial charge in [0, 0.05) is 19.1 Å². The lowest BCUT2D eigenvalue weighted by Crippen LogP contribution is -2.39. The number of likely N-dealkylation sites (tertiary alicyclic amines) is 1. The highest BCUT2D eigenvalue weighted by molar-refractivity contribution is 5.78. The summed E-state index contributed by atoms with van der Waals surface area (Å²) in [7, 11) is 0. The average molecular weight is 342 g/mol. The van der Waals surface area contributed by atoms with Crippen molar-refractivity contribution < 1.29 is 4.79 Å². The molecule has 25 heavy (non-hydrogen) atoms. The Kier molecular flexibility index (Phi) is 5.81. The van der Waals surface area contributed by atoms with Crippen LogP contribution in [0.2, 0.25) is 0 Å². The van der Waals surface area contributed by atoms with Crippen LogP contribution in [-0.4, -0.2) is 46.0 Å². The van der Waals surface area contributed by atoms with E-state index in [1.165, 1.54) is 30.2 Å². The van der Waals surface area contributed by atoms with Crippen LogP contribution in [0.3, 0.4) is 0 Å². The lowest BCUT2D eigenvalue weighted by molar-refractivity contribution is -0.121. The second-order valence-electron chi connectivity index (χ2n) is 6.78. The molecule has 0 radical (unpaired) electrons. The van der Waals surface area contributed by atoms with Gasteiger partial charge in [0.15, 0.2) is 0 Å². The highest BCUT2D eigenvalue weighted by Crippen LogP contribution is 2.16. The third-order valence-corrected chi connectivity index (χ3v) is 4.93. The van der Waals surface area contributed by atoms with Crippen molar-refractivity contribution in [3.8, 4) is 0 Å². The van der Waals surface area contributed by atoms with Gasteiger partial charge in [0.25, 0.3) is 5.56 Å². The van der Waals surface area contributed by atoms with Gasteiger partial charge in [-0.1, -0.05) is 18.6 Å². The van der Waals surface area contributed by atoms with Gasteiger partial charge < -0.3 is 10.2 Å². The summed E-state index contributed by atoms with van der Waals surface area (Å²) < 4.78 is 1.37. The molecule has 0 aliphatic carbocycles. The van der Waals surface area contributed by atoms with Crippen molar-refractivity contribution in [2.24, 2.45) is 0 Å². The van der Waals surface area contributed by atoms with Crippen LogP contribution >= 0.6 is 0 Å². The fourth-order valence-electron chi connectivity index (χ4n) is 3.43. The van der Waals surface area contributed by atoms with E-state index in [2.05, 4.69) is 22.1 Å². The van der Waals surface area contributed by atoms with E-state index in [9.17, 15) is 9.59 Å². The molecule has 0 bridgehead atoms. The SMILES string of the molecule is C[C@@H]1CCCCN1CCCNC(=O)Cn1cnc2ccccc2c1=O.